The van der Waals surface area contributed by atoms with Gasteiger partial charge in [-0.25, -0.2) is 0 Å². The van der Waals surface area contributed by atoms with E-state index in [-0.39, 0.29) is 117 Å². The SMILES string of the molecule is CC(COC(=O)C(C)N(C)C1CCOC1=O)c1ccc([S+](c2ccccc2)c2ccccc2)cc1.CC(COC(=O)CN(C)C1CCOC1=O)c1ccc([S+](c2ccccc2)c2ccccc2)cc1.CN(CCCOCCCc1ccc([S+](c2ccc(OC(C)(C)C)cc2)c2ccc(OC(C)(C)C)cc2)cc1)C1CCOC1=O. The zero-order valence-electron chi connectivity index (χ0n) is 67.5. The molecule has 3 aliphatic heterocycles. The minimum atomic E-state index is -0.515. The second-order valence-electron chi connectivity index (χ2n) is 30.7. The van der Waals surface area contributed by atoms with Crippen LogP contribution in [0.5, 0.6) is 11.5 Å². The maximum Gasteiger partial charge on any atom is 0.323 e. The first kappa shape index (κ1) is 86.2. The molecule has 3 heterocycles. The van der Waals surface area contributed by atoms with Crippen molar-refractivity contribution >= 4 is 62.5 Å². The Labute approximate surface area is 678 Å². The van der Waals surface area contributed by atoms with Crippen LogP contribution in [-0.2, 0) is 91.5 Å². The molecule has 6 atom stereocenters. The average Bonchev–Trinajstić information content (AvgIpc) is 1.71. The number of hydrogen-bond acceptors (Lipinski definition) is 16. The lowest BCUT2D eigenvalue weighted by molar-refractivity contribution is -0.152. The largest absolute Gasteiger partial charge is 0.488 e. The number of hydrogen-bond donors (Lipinski definition) is 0. The van der Waals surface area contributed by atoms with Gasteiger partial charge in [0.15, 0.2) is 44.1 Å². The highest BCUT2D eigenvalue weighted by molar-refractivity contribution is 7.97. The summed E-state index contributed by atoms with van der Waals surface area (Å²) in [5, 5.41) is 0. The van der Waals surface area contributed by atoms with Crippen molar-refractivity contribution in [1.29, 1.82) is 0 Å². The van der Waals surface area contributed by atoms with E-state index in [0.717, 1.165) is 61.5 Å². The summed E-state index contributed by atoms with van der Waals surface area (Å²) in [6.07, 6.45) is 4.85. The molecule has 0 saturated carbocycles. The normalized spacial score (nSPS) is 16.4. The summed E-state index contributed by atoms with van der Waals surface area (Å²) in [5.74, 6) is 0.569. The highest BCUT2D eigenvalue weighted by atomic mass is 32.2. The predicted octanol–water partition coefficient (Wildman–Crippen LogP) is 17.5. The predicted molar refractivity (Wildman–Crippen MR) is 448 cm³/mol. The summed E-state index contributed by atoms with van der Waals surface area (Å²) < 4.78 is 44.3. The molecule has 0 bridgehead atoms. The Morgan fingerprint density at radius 1 is 0.416 bits per heavy atom. The van der Waals surface area contributed by atoms with E-state index in [4.69, 9.17) is 37.9 Å². The van der Waals surface area contributed by atoms with Crippen LogP contribution in [0.3, 0.4) is 0 Å². The van der Waals surface area contributed by atoms with Crippen molar-refractivity contribution in [1.82, 2.24) is 14.7 Å². The minimum Gasteiger partial charge on any atom is -0.488 e. The molecule has 9 aromatic rings. The van der Waals surface area contributed by atoms with Gasteiger partial charge >= 0.3 is 29.8 Å². The molecule has 0 N–H and O–H groups in total. The van der Waals surface area contributed by atoms with Crippen molar-refractivity contribution in [2.24, 2.45) is 0 Å². The van der Waals surface area contributed by atoms with E-state index in [9.17, 15) is 24.0 Å². The van der Waals surface area contributed by atoms with Gasteiger partial charge in [0.25, 0.3) is 0 Å². The van der Waals surface area contributed by atoms with E-state index in [1.165, 1.54) is 49.6 Å². The van der Waals surface area contributed by atoms with E-state index >= 15 is 0 Å². The number of likely N-dealkylation sites (N-methyl/N-ethyl adjacent to an activating group) is 3. The van der Waals surface area contributed by atoms with Crippen LogP contribution < -0.4 is 9.47 Å². The Bertz CT molecular complexity index is 4280. The quantitative estimate of drug-likeness (QED) is 0.0169. The second-order valence-corrected chi connectivity index (χ2v) is 36.7. The van der Waals surface area contributed by atoms with E-state index in [2.05, 4.69) is 279 Å². The summed E-state index contributed by atoms with van der Waals surface area (Å²) in [6, 6.07) is 84.2. The maximum atomic E-state index is 12.6. The van der Waals surface area contributed by atoms with Crippen molar-refractivity contribution in [3.63, 3.8) is 0 Å². The van der Waals surface area contributed by atoms with Crippen LogP contribution in [0.4, 0.5) is 0 Å². The van der Waals surface area contributed by atoms with Gasteiger partial charge in [-0.15, -0.1) is 0 Å². The van der Waals surface area contributed by atoms with Crippen molar-refractivity contribution in [3.05, 3.63) is 259 Å². The molecule has 19 heteroatoms. The number of benzene rings is 9. The van der Waals surface area contributed by atoms with Gasteiger partial charge in [-0.2, -0.15) is 0 Å². The lowest BCUT2D eigenvalue weighted by Crippen LogP contribution is -2.46. The van der Waals surface area contributed by atoms with E-state index in [1.807, 2.05) is 31.3 Å². The first-order valence-electron chi connectivity index (χ1n) is 39.2. The van der Waals surface area contributed by atoms with Crippen LogP contribution in [0.2, 0.25) is 0 Å². The monoisotopic (exact) mass is 1590 g/mol. The van der Waals surface area contributed by atoms with Gasteiger partial charge in [-0.1, -0.05) is 123 Å². The lowest BCUT2D eigenvalue weighted by Gasteiger charge is -2.26. The van der Waals surface area contributed by atoms with E-state index < -0.39 is 6.04 Å². The number of rotatable bonds is 32. The van der Waals surface area contributed by atoms with Crippen LogP contribution in [-0.4, -0.2) is 160 Å². The van der Waals surface area contributed by atoms with Crippen molar-refractivity contribution < 1.29 is 61.9 Å². The number of esters is 5. The van der Waals surface area contributed by atoms with Crippen LogP contribution >= 0.6 is 0 Å². The molecule has 3 fully saturated rings. The number of ether oxygens (including phenoxy) is 8. The fourth-order valence-corrected chi connectivity index (χ4v) is 19.5. The zero-order valence-corrected chi connectivity index (χ0v) is 70.0. The van der Waals surface area contributed by atoms with Crippen molar-refractivity contribution in [2.75, 3.05) is 80.5 Å². The molecule has 9 aromatic carbocycles. The van der Waals surface area contributed by atoms with Gasteiger partial charge in [0, 0.05) is 50.9 Å². The molecule has 0 amide bonds. The Balaban J connectivity index is 0.000000182. The number of cyclic esters (lactones) is 3. The second kappa shape index (κ2) is 42.3. The molecule has 3 aliphatic rings. The Hall–Kier alpha value is -9.18. The molecule has 0 aliphatic carbocycles. The van der Waals surface area contributed by atoms with Crippen LogP contribution in [0.1, 0.15) is 123 Å². The zero-order chi connectivity index (χ0) is 80.4. The molecule has 12 rings (SSSR count). The molecule has 3 saturated heterocycles. The third-order valence-electron chi connectivity index (χ3n) is 19.5. The van der Waals surface area contributed by atoms with Gasteiger partial charge in [-0.3, -0.25) is 38.7 Å². The number of carbonyl (C=O) groups is 5. The van der Waals surface area contributed by atoms with Crippen LogP contribution in [0.15, 0.2) is 287 Å². The maximum absolute atomic E-state index is 12.6. The fraction of sp³-hybridized carbons (Fsp3) is 0.372. The molecule has 16 nitrogen and oxygen atoms in total. The topological polar surface area (TPSA) is 169 Å². The van der Waals surface area contributed by atoms with Crippen LogP contribution in [0.25, 0.3) is 0 Å². The first-order chi connectivity index (χ1) is 54.4. The van der Waals surface area contributed by atoms with Gasteiger partial charge < -0.3 is 37.9 Å². The smallest absolute Gasteiger partial charge is 0.323 e. The van der Waals surface area contributed by atoms with Crippen molar-refractivity contribution in [2.45, 2.75) is 192 Å². The fourth-order valence-electron chi connectivity index (χ4n) is 13.3. The van der Waals surface area contributed by atoms with Gasteiger partial charge in [-0.05, 0) is 239 Å². The Kier molecular flexibility index (Phi) is 32.2. The summed E-state index contributed by atoms with van der Waals surface area (Å²) in [6.45, 7) is 22.5. The standard InChI is InChI=1S/C37H50NO5S.C29H32NO4S.C28H30NO4S/c1-36(2,3)42-29-13-19-32(20-14-29)44(33-21-15-30(16-22-33)43-37(4,5)6)31-17-11-28(12-18-31)10-8-25-40-26-9-24-38(7)34-23-27-41-35(34)39;1-21(20-34-28(31)22(2)30(3)27-18-19-33-29(27)32)23-14-16-26(17-15-23)35(24-10-6-4-7-11-24)25-12-8-5-9-13-25;1-21(20-33-27(30)19-29(2)26-17-18-32-28(26)31)22-13-15-25(16-14-22)34(23-9-5-3-6-10-23)24-11-7-4-8-12-24/h11-22,34H,8-10,23-27H2,1-7H3;4-17,21-22,27H,18-20H2,1-3H3;3-16,21,26H,17-20H2,1-2H3/q3*+1. The molecule has 0 radical (unpaired) electrons. The molecule has 6 unspecified atom stereocenters. The third-order valence-corrected chi connectivity index (χ3v) is 26.2. The minimum absolute atomic E-state index is 0.0529. The summed E-state index contributed by atoms with van der Waals surface area (Å²) >= 11 is 0. The average molecular weight is 1590 g/mol. The summed E-state index contributed by atoms with van der Waals surface area (Å²) in [5.41, 5.74) is 3.07. The van der Waals surface area contributed by atoms with Gasteiger partial charge in [0.05, 0.1) is 72.3 Å². The molecule has 0 spiro atoms. The number of carbonyl (C=O) groups excluding carboxylic acids is 5. The highest BCUT2D eigenvalue weighted by Gasteiger charge is 2.38. The van der Waals surface area contributed by atoms with Crippen molar-refractivity contribution in [3.8, 4) is 11.5 Å². The first-order valence-corrected chi connectivity index (χ1v) is 42.9. The lowest BCUT2D eigenvalue weighted by atomic mass is 10.0. The Morgan fingerprint density at radius 2 is 0.743 bits per heavy atom. The van der Waals surface area contributed by atoms with Gasteiger partial charge in [0.2, 0.25) is 0 Å². The summed E-state index contributed by atoms with van der Waals surface area (Å²) in [4.78, 5) is 77.0. The van der Waals surface area contributed by atoms with Gasteiger partial charge in [0.1, 0.15) is 46.9 Å². The molecular formula is C94H112N3O13S3+3. The van der Waals surface area contributed by atoms with E-state index in [0.29, 0.717) is 45.9 Å². The molecular weight excluding hydrogens is 1480 g/mol. The number of aryl methyl sites for hydroxylation is 1. The number of nitrogens with zero attached hydrogens (tertiary/aromatic N) is 3. The molecule has 0 aromatic heterocycles. The molecule has 596 valence electrons. The van der Waals surface area contributed by atoms with Crippen LogP contribution in [0, 0.1) is 0 Å². The molecule has 113 heavy (non-hydrogen) atoms. The highest BCUT2D eigenvalue weighted by Crippen LogP contribution is 2.37. The third kappa shape index (κ3) is 25.9. The summed E-state index contributed by atoms with van der Waals surface area (Å²) in [7, 11) is 4.85. The Morgan fingerprint density at radius 3 is 1.11 bits per heavy atom. The van der Waals surface area contributed by atoms with E-state index in [1.54, 1.807) is 30.8 Å².